The highest BCUT2D eigenvalue weighted by Gasteiger charge is 2.03. The summed E-state index contributed by atoms with van der Waals surface area (Å²) >= 11 is 0. The molecule has 0 spiro atoms. The Kier molecular flexibility index (Phi) is 3.34. The summed E-state index contributed by atoms with van der Waals surface area (Å²) in [7, 11) is 0. The number of rotatable bonds is 4. The number of nitrogens with one attached hydrogen (secondary N) is 1. The van der Waals surface area contributed by atoms with E-state index in [-0.39, 0.29) is 0 Å². The van der Waals surface area contributed by atoms with Gasteiger partial charge in [-0.05, 0) is 18.9 Å². The van der Waals surface area contributed by atoms with Gasteiger partial charge in [-0.1, -0.05) is 36.8 Å². The Hall–Kier alpha value is -1.64. The fourth-order valence-electron chi connectivity index (χ4n) is 1.76. The van der Waals surface area contributed by atoms with Gasteiger partial charge >= 0.3 is 0 Å². The zero-order chi connectivity index (χ0) is 11.4. The van der Waals surface area contributed by atoms with E-state index in [1.165, 1.54) is 11.1 Å². The number of aromatic amines is 1. The maximum Gasteiger partial charge on any atom is 0.150 e. The number of benzene rings is 1. The topological polar surface area (TPSA) is 41.6 Å². The molecule has 84 valence electrons. The van der Waals surface area contributed by atoms with Crippen LogP contribution in [0.5, 0.6) is 0 Å². The van der Waals surface area contributed by atoms with Crippen LogP contribution in [-0.2, 0) is 12.8 Å². The van der Waals surface area contributed by atoms with E-state index in [4.69, 9.17) is 0 Å². The highest BCUT2D eigenvalue weighted by Crippen LogP contribution is 2.08. The van der Waals surface area contributed by atoms with Crippen LogP contribution in [0.25, 0.3) is 0 Å². The molecule has 0 saturated carbocycles. The molecule has 2 aromatic rings. The van der Waals surface area contributed by atoms with Crippen LogP contribution in [0, 0.1) is 6.92 Å². The Bertz CT molecular complexity index is 460. The lowest BCUT2D eigenvalue weighted by Crippen LogP contribution is -1.92. The summed E-state index contributed by atoms with van der Waals surface area (Å²) in [6.45, 7) is 4.24. The van der Waals surface area contributed by atoms with Crippen molar-refractivity contribution < 1.29 is 0 Å². The smallest absolute Gasteiger partial charge is 0.150 e. The van der Waals surface area contributed by atoms with E-state index in [0.717, 1.165) is 30.9 Å². The first-order chi connectivity index (χ1) is 7.78. The van der Waals surface area contributed by atoms with Crippen LogP contribution in [0.15, 0.2) is 24.3 Å². The lowest BCUT2D eigenvalue weighted by molar-refractivity contribution is 0.841. The number of hydrogen-bond acceptors (Lipinski definition) is 2. The van der Waals surface area contributed by atoms with Crippen molar-refractivity contribution in [3.05, 3.63) is 47.0 Å². The van der Waals surface area contributed by atoms with Gasteiger partial charge in [0, 0.05) is 12.8 Å². The van der Waals surface area contributed by atoms with E-state index in [1.54, 1.807) is 0 Å². The standard InChI is InChI=1S/C13H17N3/c1-3-5-12-14-13(16-15-12)9-11-7-4-6-10(2)8-11/h4,6-8H,3,5,9H2,1-2H3,(H,14,15,16). The van der Waals surface area contributed by atoms with Crippen LogP contribution in [0.1, 0.15) is 36.1 Å². The van der Waals surface area contributed by atoms with Gasteiger partial charge in [-0.3, -0.25) is 5.10 Å². The van der Waals surface area contributed by atoms with Crippen molar-refractivity contribution in [2.24, 2.45) is 0 Å². The first-order valence-electron chi connectivity index (χ1n) is 5.73. The van der Waals surface area contributed by atoms with Gasteiger partial charge in [0.15, 0.2) is 5.82 Å². The Morgan fingerprint density at radius 1 is 1.31 bits per heavy atom. The monoisotopic (exact) mass is 215 g/mol. The second-order valence-electron chi connectivity index (χ2n) is 4.11. The summed E-state index contributed by atoms with van der Waals surface area (Å²) in [5, 5.41) is 7.19. The van der Waals surface area contributed by atoms with Gasteiger partial charge in [-0.15, -0.1) is 0 Å². The molecule has 0 aliphatic heterocycles. The van der Waals surface area contributed by atoms with Gasteiger partial charge in [0.2, 0.25) is 0 Å². The molecule has 0 aliphatic rings. The van der Waals surface area contributed by atoms with Gasteiger partial charge in [0.25, 0.3) is 0 Å². The van der Waals surface area contributed by atoms with Gasteiger partial charge in [-0.25, -0.2) is 4.98 Å². The predicted octanol–water partition coefficient (Wildman–Crippen LogP) is 2.66. The molecule has 16 heavy (non-hydrogen) atoms. The molecule has 2 rings (SSSR count). The van der Waals surface area contributed by atoms with E-state index >= 15 is 0 Å². The van der Waals surface area contributed by atoms with Crippen LogP contribution in [0.3, 0.4) is 0 Å². The fourth-order valence-corrected chi connectivity index (χ4v) is 1.76. The van der Waals surface area contributed by atoms with E-state index < -0.39 is 0 Å². The second-order valence-corrected chi connectivity index (χ2v) is 4.11. The molecule has 0 amide bonds. The maximum absolute atomic E-state index is 4.46. The predicted molar refractivity (Wildman–Crippen MR) is 64.4 cm³/mol. The molecule has 0 fully saturated rings. The third-order valence-electron chi connectivity index (χ3n) is 2.51. The Labute approximate surface area is 95.9 Å². The highest BCUT2D eigenvalue weighted by molar-refractivity contribution is 5.24. The molecule has 1 N–H and O–H groups in total. The SMILES string of the molecule is CCCc1n[nH]c(Cc2cccc(C)c2)n1. The van der Waals surface area contributed by atoms with E-state index in [9.17, 15) is 0 Å². The van der Waals surface area contributed by atoms with E-state index in [2.05, 4.69) is 53.3 Å². The van der Waals surface area contributed by atoms with Crippen LogP contribution in [0.4, 0.5) is 0 Å². The van der Waals surface area contributed by atoms with Crippen LogP contribution < -0.4 is 0 Å². The van der Waals surface area contributed by atoms with Gasteiger partial charge in [0.1, 0.15) is 5.82 Å². The Morgan fingerprint density at radius 2 is 2.19 bits per heavy atom. The normalized spacial score (nSPS) is 10.6. The first-order valence-corrected chi connectivity index (χ1v) is 5.73. The highest BCUT2D eigenvalue weighted by atomic mass is 15.2. The summed E-state index contributed by atoms with van der Waals surface area (Å²) < 4.78 is 0. The molecule has 0 atom stereocenters. The zero-order valence-electron chi connectivity index (χ0n) is 9.83. The second kappa shape index (κ2) is 4.92. The number of H-pyrrole nitrogens is 1. The van der Waals surface area contributed by atoms with Crippen molar-refractivity contribution in [1.29, 1.82) is 0 Å². The van der Waals surface area contributed by atoms with Crippen molar-refractivity contribution in [2.75, 3.05) is 0 Å². The van der Waals surface area contributed by atoms with Crippen molar-refractivity contribution in [1.82, 2.24) is 15.2 Å². The molecule has 0 bridgehead atoms. The quantitative estimate of drug-likeness (QED) is 0.851. The molecule has 1 heterocycles. The average Bonchev–Trinajstić information content (AvgIpc) is 2.66. The molecule has 0 unspecified atom stereocenters. The molecular formula is C13H17N3. The number of nitrogens with zero attached hydrogens (tertiary/aromatic N) is 2. The van der Waals surface area contributed by atoms with E-state index in [1.807, 2.05) is 0 Å². The molecular weight excluding hydrogens is 198 g/mol. The van der Waals surface area contributed by atoms with Crippen molar-refractivity contribution in [3.63, 3.8) is 0 Å². The Balaban J connectivity index is 2.08. The van der Waals surface area contributed by atoms with Crippen molar-refractivity contribution in [2.45, 2.75) is 33.1 Å². The molecule has 0 radical (unpaired) electrons. The fraction of sp³-hybridized carbons (Fsp3) is 0.385. The van der Waals surface area contributed by atoms with Crippen LogP contribution >= 0.6 is 0 Å². The number of aromatic nitrogens is 3. The molecule has 0 saturated heterocycles. The molecule has 3 heteroatoms. The first kappa shape index (κ1) is 10.9. The minimum absolute atomic E-state index is 0.832. The molecule has 0 aliphatic carbocycles. The lowest BCUT2D eigenvalue weighted by atomic mass is 10.1. The van der Waals surface area contributed by atoms with Gasteiger partial charge < -0.3 is 0 Å². The summed E-state index contributed by atoms with van der Waals surface area (Å²) in [5.74, 6) is 1.87. The summed E-state index contributed by atoms with van der Waals surface area (Å²) in [4.78, 5) is 4.46. The maximum atomic E-state index is 4.46. The van der Waals surface area contributed by atoms with Crippen molar-refractivity contribution >= 4 is 0 Å². The average molecular weight is 215 g/mol. The molecule has 1 aromatic carbocycles. The van der Waals surface area contributed by atoms with Crippen LogP contribution in [-0.4, -0.2) is 15.2 Å². The third kappa shape index (κ3) is 2.69. The third-order valence-corrected chi connectivity index (χ3v) is 2.51. The Morgan fingerprint density at radius 3 is 2.94 bits per heavy atom. The summed E-state index contributed by atoms with van der Waals surface area (Å²) in [6.07, 6.45) is 2.87. The largest absolute Gasteiger partial charge is 0.263 e. The number of hydrogen-bond donors (Lipinski definition) is 1. The zero-order valence-corrected chi connectivity index (χ0v) is 9.83. The lowest BCUT2D eigenvalue weighted by Gasteiger charge is -1.98. The van der Waals surface area contributed by atoms with Gasteiger partial charge in [-0.2, -0.15) is 5.10 Å². The van der Waals surface area contributed by atoms with Crippen LogP contribution in [0.2, 0.25) is 0 Å². The van der Waals surface area contributed by atoms with Crippen molar-refractivity contribution in [3.8, 4) is 0 Å². The minimum atomic E-state index is 0.832. The van der Waals surface area contributed by atoms with Gasteiger partial charge in [0.05, 0.1) is 0 Å². The molecule has 3 nitrogen and oxygen atoms in total. The van der Waals surface area contributed by atoms with E-state index in [0.29, 0.717) is 0 Å². The molecule has 1 aromatic heterocycles. The summed E-state index contributed by atoms with van der Waals surface area (Å²) in [5.41, 5.74) is 2.56. The number of aryl methyl sites for hydroxylation is 2. The minimum Gasteiger partial charge on any atom is -0.263 e. The summed E-state index contributed by atoms with van der Waals surface area (Å²) in [6, 6.07) is 8.48.